The Hall–Kier alpha value is -2.80. The normalized spacial score (nSPS) is 16.9. The number of hydrogen-bond acceptors (Lipinski definition) is 5. The van der Waals surface area contributed by atoms with E-state index in [0.717, 1.165) is 29.7 Å². The van der Waals surface area contributed by atoms with Crippen LogP contribution in [-0.4, -0.2) is 21.2 Å². The van der Waals surface area contributed by atoms with Crippen molar-refractivity contribution >= 4 is 38.9 Å². The van der Waals surface area contributed by atoms with E-state index in [0.29, 0.717) is 29.0 Å². The highest BCUT2D eigenvalue weighted by atomic mass is 32.1. The van der Waals surface area contributed by atoms with Crippen molar-refractivity contribution in [1.82, 2.24) is 9.55 Å². The first kappa shape index (κ1) is 23.4. The fourth-order valence-electron chi connectivity index (χ4n) is 4.66. The number of anilines is 1. The fraction of sp³-hybridized carbons (Fsp3) is 0.462. The predicted molar refractivity (Wildman–Crippen MR) is 133 cm³/mol. The molecule has 2 atom stereocenters. The second-order valence-electron chi connectivity index (χ2n) is 9.99. The smallest absolute Gasteiger partial charge is 0.263 e. The van der Waals surface area contributed by atoms with Gasteiger partial charge in [-0.3, -0.25) is 19.0 Å². The van der Waals surface area contributed by atoms with E-state index in [-0.39, 0.29) is 22.7 Å². The van der Waals surface area contributed by atoms with Gasteiger partial charge in [-0.15, -0.1) is 11.3 Å². The van der Waals surface area contributed by atoms with Gasteiger partial charge in [-0.25, -0.2) is 4.98 Å². The number of hydrogen-bond donors (Lipinski definition) is 1. The molecule has 1 aliphatic carbocycles. The van der Waals surface area contributed by atoms with Crippen LogP contribution in [-0.2, 0) is 17.6 Å². The van der Waals surface area contributed by atoms with Crippen LogP contribution in [0.25, 0.3) is 10.2 Å². The zero-order valence-corrected chi connectivity index (χ0v) is 20.7. The summed E-state index contributed by atoms with van der Waals surface area (Å²) in [6.45, 7) is 10.2. The highest BCUT2D eigenvalue weighted by molar-refractivity contribution is 7.18. The molecule has 1 aliphatic rings. The monoisotopic (exact) mass is 465 g/mol. The molecule has 2 aromatic heterocycles. The van der Waals surface area contributed by atoms with E-state index >= 15 is 0 Å². The fourth-order valence-corrected chi connectivity index (χ4v) is 5.92. The van der Waals surface area contributed by atoms with E-state index < -0.39 is 6.04 Å². The minimum Gasteiger partial charge on any atom is -0.324 e. The molecule has 1 aromatic carbocycles. The van der Waals surface area contributed by atoms with Gasteiger partial charge in [0.1, 0.15) is 10.9 Å². The minimum absolute atomic E-state index is 0.0295. The zero-order chi connectivity index (χ0) is 23.9. The standard InChI is InChI=1S/C26H31N3O3S/c1-6-20(23(31)28-18-10-7-16(8-11-18)15(2)30)29-14-27-24-22(25(29)32)19-12-9-17(26(3,4)5)13-21(19)33-24/h7-8,10-11,14,17,20H,6,9,12-13H2,1-5H3,(H,28,31). The van der Waals surface area contributed by atoms with E-state index in [4.69, 9.17) is 0 Å². The molecular weight excluding hydrogens is 434 g/mol. The summed E-state index contributed by atoms with van der Waals surface area (Å²) >= 11 is 1.62. The molecule has 2 heterocycles. The van der Waals surface area contributed by atoms with Gasteiger partial charge in [-0.1, -0.05) is 27.7 Å². The van der Waals surface area contributed by atoms with E-state index in [2.05, 4.69) is 31.1 Å². The van der Waals surface area contributed by atoms with Crippen LogP contribution in [0.5, 0.6) is 0 Å². The first-order valence-corrected chi connectivity index (χ1v) is 12.3. The van der Waals surface area contributed by atoms with E-state index in [1.54, 1.807) is 35.6 Å². The second-order valence-corrected chi connectivity index (χ2v) is 11.1. The van der Waals surface area contributed by atoms with Gasteiger partial charge in [0, 0.05) is 16.1 Å². The first-order valence-electron chi connectivity index (χ1n) is 11.5. The number of fused-ring (bicyclic) bond motifs is 3. The molecule has 0 aliphatic heterocycles. The molecule has 1 amide bonds. The molecule has 33 heavy (non-hydrogen) atoms. The third-order valence-corrected chi connectivity index (χ3v) is 7.97. The number of nitrogens with one attached hydrogen (secondary N) is 1. The first-order chi connectivity index (χ1) is 15.6. The van der Waals surface area contributed by atoms with Crippen molar-refractivity contribution < 1.29 is 9.59 Å². The topological polar surface area (TPSA) is 81.1 Å². The number of amides is 1. The average molecular weight is 466 g/mol. The Morgan fingerprint density at radius 2 is 1.94 bits per heavy atom. The number of aryl methyl sites for hydroxylation is 1. The Morgan fingerprint density at radius 3 is 2.55 bits per heavy atom. The molecular formula is C26H31N3O3S. The number of aromatic nitrogens is 2. The summed E-state index contributed by atoms with van der Waals surface area (Å²) < 4.78 is 1.48. The van der Waals surface area contributed by atoms with Gasteiger partial charge in [-0.05, 0) is 73.8 Å². The van der Waals surface area contributed by atoms with Crippen LogP contribution in [0.1, 0.15) is 74.3 Å². The quantitative estimate of drug-likeness (QED) is 0.512. The lowest BCUT2D eigenvalue weighted by Gasteiger charge is -2.33. The van der Waals surface area contributed by atoms with Gasteiger partial charge in [0.15, 0.2) is 5.78 Å². The van der Waals surface area contributed by atoms with Gasteiger partial charge in [0.05, 0.1) is 11.7 Å². The van der Waals surface area contributed by atoms with Crippen molar-refractivity contribution in [2.75, 3.05) is 5.32 Å². The summed E-state index contributed by atoms with van der Waals surface area (Å²) in [5.41, 5.74) is 2.39. The number of Topliss-reactive ketones (excluding diaryl/α,β-unsaturated/α-hetero) is 1. The summed E-state index contributed by atoms with van der Waals surface area (Å²) in [5.74, 6) is 0.287. The molecule has 0 saturated carbocycles. The van der Waals surface area contributed by atoms with Crippen molar-refractivity contribution in [1.29, 1.82) is 0 Å². The lowest BCUT2D eigenvalue weighted by atomic mass is 9.72. The van der Waals surface area contributed by atoms with Crippen molar-refractivity contribution in [2.24, 2.45) is 11.3 Å². The Labute approximate surface area is 198 Å². The largest absolute Gasteiger partial charge is 0.324 e. The predicted octanol–water partition coefficient (Wildman–Crippen LogP) is 5.40. The van der Waals surface area contributed by atoms with Crippen LogP contribution in [0.15, 0.2) is 35.4 Å². The van der Waals surface area contributed by atoms with E-state index in [1.807, 2.05) is 6.92 Å². The number of carbonyl (C=O) groups excluding carboxylic acids is 2. The summed E-state index contributed by atoms with van der Waals surface area (Å²) in [7, 11) is 0. The Bertz CT molecular complexity index is 1260. The molecule has 0 radical (unpaired) electrons. The van der Waals surface area contributed by atoms with Crippen molar-refractivity contribution in [3.63, 3.8) is 0 Å². The third kappa shape index (κ3) is 4.51. The Morgan fingerprint density at radius 1 is 1.24 bits per heavy atom. The maximum absolute atomic E-state index is 13.5. The Kier molecular flexibility index (Phi) is 6.27. The number of nitrogens with zero attached hydrogens (tertiary/aromatic N) is 2. The third-order valence-electron chi connectivity index (χ3n) is 6.80. The number of thiophene rings is 1. The molecule has 3 aromatic rings. The van der Waals surface area contributed by atoms with E-state index in [9.17, 15) is 14.4 Å². The minimum atomic E-state index is -0.664. The number of carbonyl (C=O) groups is 2. The average Bonchev–Trinajstić information content (AvgIpc) is 3.14. The molecule has 0 saturated heterocycles. The van der Waals surface area contributed by atoms with Crippen LogP contribution in [0, 0.1) is 11.3 Å². The van der Waals surface area contributed by atoms with Crippen LogP contribution in [0.3, 0.4) is 0 Å². The van der Waals surface area contributed by atoms with Crippen LogP contribution in [0.2, 0.25) is 0 Å². The van der Waals surface area contributed by atoms with Gasteiger partial charge in [0.25, 0.3) is 5.56 Å². The maximum Gasteiger partial charge on any atom is 0.263 e. The molecule has 4 rings (SSSR count). The lowest BCUT2D eigenvalue weighted by molar-refractivity contribution is -0.119. The lowest BCUT2D eigenvalue weighted by Crippen LogP contribution is -2.33. The van der Waals surface area contributed by atoms with Crippen molar-refractivity contribution in [2.45, 2.75) is 66.3 Å². The number of benzene rings is 1. The molecule has 6 nitrogen and oxygen atoms in total. The van der Waals surface area contributed by atoms with Crippen LogP contribution in [0.4, 0.5) is 5.69 Å². The summed E-state index contributed by atoms with van der Waals surface area (Å²) in [5, 5.41) is 3.56. The molecule has 2 unspecified atom stereocenters. The summed E-state index contributed by atoms with van der Waals surface area (Å²) in [4.78, 5) is 44.7. The van der Waals surface area contributed by atoms with Gasteiger partial charge >= 0.3 is 0 Å². The molecule has 7 heteroatoms. The zero-order valence-electron chi connectivity index (χ0n) is 19.9. The summed E-state index contributed by atoms with van der Waals surface area (Å²) in [6, 6.07) is 6.10. The van der Waals surface area contributed by atoms with E-state index in [1.165, 1.54) is 22.7 Å². The van der Waals surface area contributed by atoms with Crippen molar-refractivity contribution in [3.8, 4) is 0 Å². The van der Waals surface area contributed by atoms with Crippen LogP contribution >= 0.6 is 11.3 Å². The molecule has 174 valence electrons. The van der Waals surface area contributed by atoms with Crippen molar-refractivity contribution in [3.05, 3.63) is 57.0 Å². The summed E-state index contributed by atoms with van der Waals surface area (Å²) in [6.07, 6.45) is 4.89. The molecule has 0 fully saturated rings. The molecule has 0 bridgehead atoms. The van der Waals surface area contributed by atoms with Gasteiger partial charge in [-0.2, -0.15) is 0 Å². The number of ketones is 1. The van der Waals surface area contributed by atoms with Gasteiger partial charge in [0.2, 0.25) is 5.91 Å². The SMILES string of the molecule is CCC(C(=O)Nc1ccc(C(C)=O)cc1)n1cnc2sc3c(c2c1=O)CCC(C(C)(C)C)C3. The molecule has 1 N–H and O–H groups in total. The molecule has 0 spiro atoms. The van der Waals surface area contributed by atoms with Crippen LogP contribution < -0.4 is 10.9 Å². The van der Waals surface area contributed by atoms with Gasteiger partial charge < -0.3 is 5.32 Å². The highest BCUT2D eigenvalue weighted by Gasteiger charge is 2.32. The highest BCUT2D eigenvalue weighted by Crippen LogP contribution is 2.42. The second kappa shape index (κ2) is 8.86. The number of rotatable bonds is 5. The maximum atomic E-state index is 13.5. The Balaban J connectivity index is 1.64.